The maximum atomic E-state index is 6.22. The fourth-order valence-electron chi connectivity index (χ4n) is 4.53. The second-order valence-corrected chi connectivity index (χ2v) is 8.61. The van der Waals surface area contributed by atoms with E-state index in [1.165, 1.54) is 70.0 Å². The van der Waals surface area contributed by atoms with Crippen molar-refractivity contribution in [1.29, 1.82) is 0 Å². The van der Waals surface area contributed by atoms with Crippen molar-refractivity contribution < 1.29 is 4.74 Å². The molecular formula is C17H31NOS. The van der Waals surface area contributed by atoms with Gasteiger partial charge in [0.05, 0.1) is 5.60 Å². The predicted octanol–water partition coefficient (Wildman–Crippen LogP) is 4.13. The van der Waals surface area contributed by atoms with E-state index in [0.717, 1.165) is 23.9 Å². The van der Waals surface area contributed by atoms with Crippen LogP contribution in [0, 0.1) is 0 Å². The summed E-state index contributed by atoms with van der Waals surface area (Å²) in [5.74, 6) is 1.28. The van der Waals surface area contributed by atoms with Crippen LogP contribution >= 0.6 is 11.8 Å². The summed E-state index contributed by atoms with van der Waals surface area (Å²) < 4.78 is 6.22. The van der Waals surface area contributed by atoms with Crippen molar-refractivity contribution >= 4 is 11.8 Å². The van der Waals surface area contributed by atoms with Crippen LogP contribution in [0.25, 0.3) is 0 Å². The summed E-state index contributed by atoms with van der Waals surface area (Å²) in [4.78, 5) is 0. The van der Waals surface area contributed by atoms with Crippen molar-refractivity contribution in [2.45, 2.75) is 94.1 Å². The molecule has 1 spiro atoms. The van der Waals surface area contributed by atoms with Crippen molar-refractivity contribution in [3.8, 4) is 0 Å². The molecule has 0 aromatic carbocycles. The Hall–Kier alpha value is 0.270. The third kappa shape index (κ3) is 3.72. The molecule has 3 rings (SSSR count). The lowest BCUT2D eigenvalue weighted by atomic mass is 9.78. The highest BCUT2D eigenvalue weighted by molar-refractivity contribution is 7.99. The number of nitrogens with one attached hydrogen (secondary N) is 1. The van der Waals surface area contributed by atoms with Crippen LogP contribution < -0.4 is 5.32 Å². The predicted molar refractivity (Wildman–Crippen MR) is 87.5 cm³/mol. The Balaban J connectivity index is 1.48. The Morgan fingerprint density at radius 1 is 1.10 bits per heavy atom. The summed E-state index contributed by atoms with van der Waals surface area (Å²) in [7, 11) is 0. The van der Waals surface area contributed by atoms with Crippen LogP contribution in [0.1, 0.15) is 71.1 Å². The molecule has 0 amide bonds. The maximum absolute atomic E-state index is 6.22. The van der Waals surface area contributed by atoms with Gasteiger partial charge in [0.25, 0.3) is 0 Å². The van der Waals surface area contributed by atoms with Crippen molar-refractivity contribution in [1.82, 2.24) is 5.32 Å². The van der Waals surface area contributed by atoms with E-state index in [9.17, 15) is 0 Å². The topological polar surface area (TPSA) is 21.3 Å². The number of thioether (sulfide) groups is 1. The molecule has 3 heteroatoms. The van der Waals surface area contributed by atoms with Gasteiger partial charge in [0.2, 0.25) is 0 Å². The van der Waals surface area contributed by atoms with Crippen LogP contribution in [0.2, 0.25) is 0 Å². The molecule has 0 aromatic rings. The smallest absolute Gasteiger partial charge is 0.0697 e. The Morgan fingerprint density at radius 2 is 1.95 bits per heavy atom. The average molecular weight is 298 g/mol. The molecule has 1 saturated heterocycles. The Bertz CT molecular complexity index is 298. The molecule has 1 N–H and O–H groups in total. The first kappa shape index (κ1) is 15.2. The monoisotopic (exact) mass is 297 g/mol. The lowest BCUT2D eigenvalue weighted by molar-refractivity contribution is -0.110. The average Bonchev–Trinajstić information content (AvgIpc) is 2.87. The van der Waals surface area contributed by atoms with E-state index in [-0.39, 0.29) is 5.60 Å². The minimum Gasteiger partial charge on any atom is -0.375 e. The summed E-state index contributed by atoms with van der Waals surface area (Å²) in [5.41, 5.74) is 0.254. The van der Waals surface area contributed by atoms with E-state index in [0.29, 0.717) is 0 Å². The molecule has 0 bridgehead atoms. The molecule has 0 radical (unpaired) electrons. The number of rotatable bonds is 4. The maximum Gasteiger partial charge on any atom is 0.0697 e. The molecule has 2 aliphatic carbocycles. The van der Waals surface area contributed by atoms with Gasteiger partial charge in [-0.05, 0) is 50.7 Å². The van der Waals surface area contributed by atoms with Gasteiger partial charge in [-0.15, -0.1) is 0 Å². The van der Waals surface area contributed by atoms with Crippen LogP contribution in [-0.4, -0.2) is 35.3 Å². The van der Waals surface area contributed by atoms with Crippen molar-refractivity contribution in [2.24, 2.45) is 0 Å². The highest BCUT2D eigenvalue weighted by Crippen LogP contribution is 2.39. The molecule has 116 valence electrons. The lowest BCUT2D eigenvalue weighted by Crippen LogP contribution is -2.50. The SMILES string of the molecule is CCSC1CCC(NC2CCOC3(CCCCC3)C2)C1. The van der Waals surface area contributed by atoms with E-state index >= 15 is 0 Å². The van der Waals surface area contributed by atoms with E-state index in [2.05, 4.69) is 24.0 Å². The van der Waals surface area contributed by atoms with E-state index in [1.54, 1.807) is 0 Å². The molecule has 0 aromatic heterocycles. The van der Waals surface area contributed by atoms with Crippen molar-refractivity contribution in [2.75, 3.05) is 12.4 Å². The largest absolute Gasteiger partial charge is 0.375 e. The molecule has 3 unspecified atom stereocenters. The van der Waals surface area contributed by atoms with Gasteiger partial charge in [-0.2, -0.15) is 11.8 Å². The zero-order valence-corrected chi connectivity index (χ0v) is 13.9. The van der Waals surface area contributed by atoms with Gasteiger partial charge in [-0.3, -0.25) is 0 Å². The summed E-state index contributed by atoms with van der Waals surface area (Å²) in [6, 6.07) is 1.50. The zero-order valence-electron chi connectivity index (χ0n) is 13.0. The standard InChI is InChI=1S/C17H31NOS/c1-2-20-16-7-6-14(12-16)18-15-8-11-19-17(13-15)9-4-3-5-10-17/h14-16,18H,2-13H2,1H3. The number of hydrogen-bond donors (Lipinski definition) is 1. The van der Waals surface area contributed by atoms with E-state index in [1.807, 2.05) is 0 Å². The second kappa shape index (κ2) is 7.02. The first-order valence-electron chi connectivity index (χ1n) is 8.81. The van der Waals surface area contributed by atoms with E-state index in [4.69, 9.17) is 4.74 Å². The summed E-state index contributed by atoms with van der Waals surface area (Å²) in [6.45, 7) is 3.27. The van der Waals surface area contributed by atoms with Gasteiger partial charge in [0.1, 0.15) is 0 Å². The zero-order chi connectivity index (χ0) is 13.8. The fourth-order valence-corrected chi connectivity index (χ4v) is 5.67. The molecule has 1 heterocycles. The molecule has 20 heavy (non-hydrogen) atoms. The van der Waals surface area contributed by atoms with Gasteiger partial charge in [-0.25, -0.2) is 0 Å². The molecule has 1 aliphatic heterocycles. The van der Waals surface area contributed by atoms with E-state index < -0.39 is 0 Å². The molecule has 3 atom stereocenters. The second-order valence-electron chi connectivity index (χ2n) is 7.04. The molecule has 2 nitrogen and oxygen atoms in total. The molecule has 3 aliphatic rings. The lowest BCUT2D eigenvalue weighted by Gasteiger charge is -2.44. The number of hydrogen-bond acceptors (Lipinski definition) is 3. The van der Waals surface area contributed by atoms with Crippen LogP contribution in [-0.2, 0) is 4.74 Å². The molecule has 2 saturated carbocycles. The van der Waals surface area contributed by atoms with Crippen LogP contribution in [0.5, 0.6) is 0 Å². The first-order chi connectivity index (χ1) is 9.80. The van der Waals surface area contributed by atoms with Gasteiger partial charge in [0.15, 0.2) is 0 Å². The van der Waals surface area contributed by atoms with Crippen LogP contribution in [0.4, 0.5) is 0 Å². The highest BCUT2D eigenvalue weighted by Gasteiger charge is 2.39. The van der Waals surface area contributed by atoms with Crippen molar-refractivity contribution in [3.05, 3.63) is 0 Å². The minimum atomic E-state index is 0.254. The van der Waals surface area contributed by atoms with Crippen molar-refractivity contribution in [3.63, 3.8) is 0 Å². The Kier molecular flexibility index (Phi) is 5.33. The summed E-state index contributed by atoms with van der Waals surface area (Å²) >= 11 is 2.16. The van der Waals surface area contributed by atoms with Crippen LogP contribution in [0.15, 0.2) is 0 Å². The van der Waals surface area contributed by atoms with Gasteiger partial charge >= 0.3 is 0 Å². The molecule has 3 fully saturated rings. The fraction of sp³-hybridized carbons (Fsp3) is 1.00. The van der Waals surface area contributed by atoms with Crippen LogP contribution in [0.3, 0.4) is 0 Å². The quantitative estimate of drug-likeness (QED) is 0.843. The first-order valence-corrected chi connectivity index (χ1v) is 9.86. The van der Waals surface area contributed by atoms with Gasteiger partial charge < -0.3 is 10.1 Å². The molecular weight excluding hydrogens is 266 g/mol. The Labute approximate surface area is 128 Å². The minimum absolute atomic E-state index is 0.254. The Morgan fingerprint density at radius 3 is 2.75 bits per heavy atom. The normalized spacial score (nSPS) is 37.4. The highest BCUT2D eigenvalue weighted by atomic mass is 32.2. The van der Waals surface area contributed by atoms with Gasteiger partial charge in [0, 0.05) is 23.9 Å². The third-order valence-corrected chi connectivity index (χ3v) is 6.75. The van der Waals surface area contributed by atoms with Gasteiger partial charge in [-0.1, -0.05) is 26.2 Å². The number of ether oxygens (including phenoxy) is 1. The summed E-state index contributed by atoms with van der Waals surface area (Å²) in [5, 5.41) is 4.90. The third-order valence-electron chi connectivity index (χ3n) is 5.52. The summed E-state index contributed by atoms with van der Waals surface area (Å²) in [6.07, 6.45) is 13.5.